The van der Waals surface area contributed by atoms with Crippen molar-refractivity contribution in [1.82, 2.24) is 4.90 Å². The average Bonchev–Trinajstić information content (AvgIpc) is 2.29. The van der Waals surface area contributed by atoms with E-state index in [4.69, 9.17) is 0 Å². The average molecular weight is 270 g/mol. The topological polar surface area (TPSA) is 70.0 Å². The van der Waals surface area contributed by atoms with E-state index in [1.807, 2.05) is 6.92 Å². The largest absolute Gasteiger partial charge is 0.507 e. The number of aromatic hydroxyl groups is 1. The second-order valence-electron chi connectivity index (χ2n) is 4.21. The van der Waals surface area contributed by atoms with Crippen LogP contribution in [0, 0.1) is 0 Å². The first-order valence-corrected chi connectivity index (χ1v) is 7.09. The molecule has 0 saturated carbocycles. The molecule has 0 unspecified atom stereocenters. The maximum absolute atomic E-state index is 11.9. The van der Waals surface area contributed by atoms with Crippen LogP contribution in [0.25, 0.3) is 0 Å². The van der Waals surface area contributed by atoms with E-state index in [1.165, 1.54) is 23.4 Å². The second-order valence-corrected chi connectivity index (χ2v) is 5.81. The summed E-state index contributed by atoms with van der Waals surface area (Å²) in [6.07, 6.45) is 2.87. The highest BCUT2D eigenvalue weighted by Crippen LogP contribution is 2.25. The Hall–Kier alpha value is -1.56. The predicted molar refractivity (Wildman–Crippen MR) is 71.5 cm³/mol. The van der Waals surface area contributed by atoms with E-state index in [0.29, 0.717) is 0 Å². The van der Waals surface area contributed by atoms with Gasteiger partial charge in [0.15, 0.2) is 0 Å². The Morgan fingerprint density at radius 3 is 2.61 bits per heavy atom. The lowest BCUT2D eigenvalue weighted by atomic mass is 10.1. The molecule has 1 N–H and O–H groups in total. The molecule has 0 spiro atoms. The van der Waals surface area contributed by atoms with Crippen molar-refractivity contribution in [3.63, 3.8) is 0 Å². The molecule has 1 aromatic carbocycles. The Morgan fingerprint density at radius 1 is 1.39 bits per heavy atom. The summed E-state index contributed by atoms with van der Waals surface area (Å²) >= 11 is 0. The molecule has 18 heavy (non-hydrogen) atoms. The summed E-state index contributed by atoms with van der Waals surface area (Å²) in [4.78, 5) is 1.37. The van der Waals surface area contributed by atoms with Gasteiger partial charge in [0.25, 0.3) is 10.0 Å². The van der Waals surface area contributed by atoms with Gasteiger partial charge < -0.3 is 10.0 Å². The summed E-state index contributed by atoms with van der Waals surface area (Å²) in [5.74, 6) is -0.272. The lowest BCUT2D eigenvalue weighted by molar-refractivity contribution is 0.458. The molecule has 0 aliphatic carbocycles. The lowest BCUT2D eigenvalue weighted by Gasteiger charge is -2.07. The molecule has 0 fully saturated rings. The highest BCUT2D eigenvalue weighted by atomic mass is 32.2. The Bertz CT molecular complexity index is 536. The monoisotopic (exact) mass is 270 g/mol. The Balaban J connectivity index is 3.18. The summed E-state index contributed by atoms with van der Waals surface area (Å²) in [5.41, 5.74) is 0.869. The second kappa shape index (κ2) is 5.86. The quantitative estimate of drug-likeness (QED) is 0.652. The van der Waals surface area contributed by atoms with Gasteiger partial charge in [-0.25, -0.2) is 0 Å². The zero-order valence-corrected chi connectivity index (χ0v) is 11.6. The number of phenols is 1. The summed E-state index contributed by atoms with van der Waals surface area (Å²) < 4.78 is 27.4. The third-order valence-electron chi connectivity index (χ3n) is 2.26. The lowest BCUT2D eigenvalue weighted by Crippen LogP contribution is -2.10. The minimum absolute atomic E-state index is 0.147. The molecule has 0 amide bonds. The van der Waals surface area contributed by atoms with Crippen molar-refractivity contribution in [2.45, 2.75) is 24.7 Å². The fourth-order valence-corrected chi connectivity index (χ4v) is 2.48. The number of benzene rings is 1. The number of hydrogen-bond acceptors (Lipinski definition) is 3. The minimum Gasteiger partial charge on any atom is -0.507 e. The van der Waals surface area contributed by atoms with Gasteiger partial charge in [0.2, 0.25) is 0 Å². The molecule has 0 saturated heterocycles. The molecule has 0 aromatic heterocycles. The molecule has 0 radical (unpaired) electrons. The van der Waals surface area contributed by atoms with E-state index in [-0.39, 0.29) is 10.6 Å². The van der Waals surface area contributed by atoms with Crippen molar-refractivity contribution in [2.75, 3.05) is 14.1 Å². The molecular weight excluding hydrogens is 252 g/mol. The highest BCUT2D eigenvalue weighted by molar-refractivity contribution is 7.90. The first-order valence-electron chi connectivity index (χ1n) is 5.65. The molecule has 100 valence electrons. The standard InChI is InChI=1S/C12H18N2O3S/c1-4-5-10-6-7-11(15)12(8-10)18(16,17)13-9-14(2)3/h6-9,15H,4-5H2,1-3H3. The summed E-state index contributed by atoms with van der Waals surface area (Å²) in [6, 6.07) is 4.58. The Kier molecular flexibility index (Phi) is 4.72. The summed E-state index contributed by atoms with van der Waals surface area (Å²) in [6.45, 7) is 2.01. The molecule has 6 heteroatoms. The maximum atomic E-state index is 11.9. The summed E-state index contributed by atoms with van der Waals surface area (Å²) in [5, 5.41) is 9.64. The number of aryl methyl sites for hydroxylation is 1. The molecule has 1 aromatic rings. The first-order chi connectivity index (χ1) is 8.36. The van der Waals surface area contributed by atoms with Crippen LogP contribution in [-0.4, -0.2) is 38.9 Å². The van der Waals surface area contributed by atoms with Gasteiger partial charge in [-0.1, -0.05) is 19.4 Å². The molecule has 0 aliphatic heterocycles. The smallest absolute Gasteiger partial charge is 0.287 e. The van der Waals surface area contributed by atoms with Gasteiger partial charge in [-0.15, -0.1) is 4.40 Å². The van der Waals surface area contributed by atoms with Crippen molar-refractivity contribution >= 4 is 16.4 Å². The molecule has 0 atom stereocenters. The van der Waals surface area contributed by atoms with E-state index in [0.717, 1.165) is 18.4 Å². The number of hydrogen-bond donors (Lipinski definition) is 1. The van der Waals surface area contributed by atoms with E-state index in [9.17, 15) is 13.5 Å². The molecule has 0 heterocycles. The fourth-order valence-electron chi connectivity index (χ4n) is 1.42. The number of phenolic OH excluding ortho intramolecular Hbond substituents is 1. The fraction of sp³-hybridized carbons (Fsp3) is 0.417. The van der Waals surface area contributed by atoms with Gasteiger partial charge in [-0.3, -0.25) is 0 Å². The number of sulfonamides is 1. The van der Waals surface area contributed by atoms with Crippen molar-refractivity contribution < 1.29 is 13.5 Å². The molecule has 0 aliphatic rings. The highest BCUT2D eigenvalue weighted by Gasteiger charge is 2.17. The van der Waals surface area contributed by atoms with Crippen LogP contribution < -0.4 is 0 Å². The number of rotatable bonds is 5. The predicted octanol–water partition coefficient (Wildman–Crippen LogP) is 1.62. The summed E-state index contributed by atoms with van der Waals surface area (Å²) in [7, 11) is -0.503. The van der Waals surface area contributed by atoms with Crippen LogP contribution in [0.3, 0.4) is 0 Å². The Labute approximate surface area is 108 Å². The minimum atomic E-state index is -3.85. The van der Waals surface area contributed by atoms with Crippen LogP contribution in [0.2, 0.25) is 0 Å². The SMILES string of the molecule is CCCc1ccc(O)c(S(=O)(=O)N=CN(C)C)c1. The third kappa shape index (κ3) is 3.73. The molecule has 5 nitrogen and oxygen atoms in total. The maximum Gasteiger partial charge on any atom is 0.287 e. The van der Waals surface area contributed by atoms with Crippen LogP contribution in [0.1, 0.15) is 18.9 Å². The van der Waals surface area contributed by atoms with Crippen molar-refractivity contribution in [3.05, 3.63) is 23.8 Å². The van der Waals surface area contributed by atoms with Crippen molar-refractivity contribution in [3.8, 4) is 5.75 Å². The van der Waals surface area contributed by atoms with Crippen LogP contribution in [0.5, 0.6) is 5.75 Å². The van der Waals surface area contributed by atoms with E-state index >= 15 is 0 Å². The molecular formula is C12H18N2O3S. The molecule has 1 rings (SSSR count). The van der Waals surface area contributed by atoms with Crippen LogP contribution in [0.4, 0.5) is 0 Å². The zero-order valence-electron chi connectivity index (χ0n) is 10.8. The van der Waals surface area contributed by atoms with Crippen LogP contribution in [0.15, 0.2) is 27.5 Å². The third-order valence-corrected chi connectivity index (χ3v) is 3.51. The zero-order chi connectivity index (χ0) is 13.8. The van der Waals surface area contributed by atoms with Crippen molar-refractivity contribution in [2.24, 2.45) is 4.40 Å². The first kappa shape index (κ1) is 14.5. The van der Waals surface area contributed by atoms with Gasteiger partial charge in [-0.2, -0.15) is 8.42 Å². The number of nitrogens with zero attached hydrogens (tertiary/aromatic N) is 2. The van der Waals surface area contributed by atoms with Crippen molar-refractivity contribution in [1.29, 1.82) is 0 Å². The van der Waals surface area contributed by atoms with E-state index in [1.54, 1.807) is 20.2 Å². The van der Waals surface area contributed by atoms with Crippen LogP contribution >= 0.6 is 0 Å². The molecule has 0 bridgehead atoms. The van der Waals surface area contributed by atoms with Gasteiger partial charge >= 0.3 is 0 Å². The van der Waals surface area contributed by atoms with Gasteiger partial charge in [0, 0.05) is 14.1 Å². The van der Waals surface area contributed by atoms with Gasteiger partial charge in [0.1, 0.15) is 17.0 Å². The van der Waals surface area contributed by atoms with E-state index in [2.05, 4.69) is 4.40 Å². The Morgan fingerprint density at radius 2 is 2.06 bits per heavy atom. The van der Waals surface area contributed by atoms with Crippen LogP contribution in [-0.2, 0) is 16.4 Å². The van der Waals surface area contributed by atoms with Gasteiger partial charge in [0.05, 0.1) is 0 Å². The van der Waals surface area contributed by atoms with E-state index < -0.39 is 10.0 Å². The van der Waals surface area contributed by atoms with Gasteiger partial charge in [-0.05, 0) is 24.1 Å². The normalized spacial score (nSPS) is 11.9.